The van der Waals surface area contributed by atoms with Crippen molar-refractivity contribution in [2.45, 2.75) is 57.8 Å². The van der Waals surface area contributed by atoms with E-state index in [2.05, 4.69) is 53.6 Å². The molecule has 1 saturated heterocycles. The van der Waals surface area contributed by atoms with Crippen LogP contribution in [0.3, 0.4) is 0 Å². The predicted molar refractivity (Wildman–Crippen MR) is 136 cm³/mol. The van der Waals surface area contributed by atoms with Crippen molar-refractivity contribution >= 4 is 29.7 Å². The van der Waals surface area contributed by atoms with Gasteiger partial charge in [-0.1, -0.05) is 23.7 Å². The highest BCUT2D eigenvalue weighted by Gasteiger charge is 2.38. The maximum atomic E-state index is 12.0. The SMILES string of the molecule is CC1(C)CC(N/C=C(\C=N)Nc2ncc(Cl)c(-c3ccc(C(=O)NCC#N)cc3)n2)CC(C)(C)O1. The van der Waals surface area contributed by atoms with Crippen molar-refractivity contribution in [2.24, 2.45) is 0 Å². The van der Waals surface area contributed by atoms with E-state index in [-0.39, 0.29) is 35.6 Å². The molecule has 1 amide bonds. The molecule has 1 fully saturated rings. The van der Waals surface area contributed by atoms with Crippen LogP contribution in [0.2, 0.25) is 5.02 Å². The molecule has 2 aromatic rings. The van der Waals surface area contributed by atoms with Gasteiger partial charge in [0.05, 0.1) is 39.9 Å². The Hall–Kier alpha value is -3.48. The molecule has 0 bridgehead atoms. The van der Waals surface area contributed by atoms with Crippen molar-refractivity contribution in [1.29, 1.82) is 10.7 Å². The number of carbonyl (C=O) groups is 1. The van der Waals surface area contributed by atoms with Crippen molar-refractivity contribution in [1.82, 2.24) is 20.6 Å². The third kappa shape index (κ3) is 7.25. The van der Waals surface area contributed by atoms with Crippen LogP contribution in [0.1, 0.15) is 50.9 Å². The summed E-state index contributed by atoms with van der Waals surface area (Å²) in [7, 11) is 0. The zero-order chi connectivity index (χ0) is 25.6. The molecule has 1 aliphatic rings. The minimum atomic E-state index is -0.334. The van der Waals surface area contributed by atoms with E-state index in [1.54, 1.807) is 30.5 Å². The van der Waals surface area contributed by atoms with Gasteiger partial charge in [-0.2, -0.15) is 5.26 Å². The van der Waals surface area contributed by atoms with Crippen LogP contribution in [0.15, 0.2) is 42.4 Å². The molecule has 35 heavy (non-hydrogen) atoms. The number of halogens is 1. The van der Waals surface area contributed by atoms with Crippen LogP contribution in [0.25, 0.3) is 11.3 Å². The summed E-state index contributed by atoms with van der Waals surface area (Å²) in [6.45, 7) is 8.26. The number of ether oxygens (including phenoxy) is 1. The number of nitrogens with zero attached hydrogens (tertiary/aromatic N) is 3. The lowest BCUT2D eigenvalue weighted by Gasteiger charge is -2.45. The highest BCUT2D eigenvalue weighted by Crippen LogP contribution is 2.35. The third-order valence-electron chi connectivity index (χ3n) is 5.41. The summed E-state index contributed by atoms with van der Waals surface area (Å²) in [4.78, 5) is 20.7. The summed E-state index contributed by atoms with van der Waals surface area (Å²) in [5.74, 6) is -0.0526. The number of hydrogen-bond acceptors (Lipinski definition) is 8. The quantitative estimate of drug-likeness (QED) is 0.317. The molecule has 10 heteroatoms. The lowest BCUT2D eigenvalue weighted by molar-refractivity contribution is -0.163. The summed E-state index contributed by atoms with van der Waals surface area (Å²) in [6.07, 6.45) is 6.10. The monoisotopic (exact) mass is 495 g/mol. The van der Waals surface area contributed by atoms with Crippen LogP contribution in [-0.4, -0.2) is 45.9 Å². The smallest absolute Gasteiger partial charge is 0.252 e. The van der Waals surface area contributed by atoms with Gasteiger partial charge in [0.1, 0.15) is 6.54 Å². The maximum Gasteiger partial charge on any atom is 0.252 e. The number of amides is 1. The average molecular weight is 496 g/mol. The second-order valence-corrected chi connectivity index (χ2v) is 9.98. The van der Waals surface area contributed by atoms with Crippen LogP contribution < -0.4 is 16.0 Å². The Labute approximate surface area is 210 Å². The van der Waals surface area contributed by atoms with Crippen LogP contribution in [0, 0.1) is 16.7 Å². The number of rotatable bonds is 8. The standard InChI is InChI=1S/C25H30ClN7O2/c1-24(2)11-18(12-25(3,4)35-24)30-14-19(13-28)32-23-31-15-20(26)21(33-23)16-5-7-17(8-6-16)22(34)29-10-9-27/h5-8,13-15,18,28,30H,10-12H2,1-4H3,(H,29,34)(H,31,32,33)/b19-14+,28-13?. The molecule has 184 valence electrons. The first-order valence-electron chi connectivity index (χ1n) is 11.2. The van der Waals surface area contributed by atoms with Gasteiger partial charge < -0.3 is 26.1 Å². The molecule has 2 heterocycles. The van der Waals surface area contributed by atoms with Gasteiger partial charge in [-0.3, -0.25) is 4.79 Å². The van der Waals surface area contributed by atoms with E-state index in [4.69, 9.17) is 27.0 Å². The molecular formula is C25H30ClN7O2. The Kier molecular flexibility index (Phi) is 8.10. The molecule has 0 spiro atoms. The fraction of sp³-hybridized carbons (Fsp3) is 0.400. The zero-order valence-electron chi connectivity index (χ0n) is 20.3. The van der Waals surface area contributed by atoms with Crippen molar-refractivity contribution in [3.05, 3.63) is 52.9 Å². The third-order valence-corrected chi connectivity index (χ3v) is 5.68. The summed E-state index contributed by atoms with van der Waals surface area (Å²) >= 11 is 6.34. The first-order valence-corrected chi connectivity index (χ1v) is 11.6. The van der Waals surface area contributed by atoms with E-state index < -0.39 is 0 Å². The lowest BCUT2D eigenvalue weighted by Crippen LogP contribution is -2.50. The van der Waals surface area contributed by atoms with E-state index in [9.17, 15) is 4.79 Å². The number of aromatic nitrogens is 2. The highest BCUT2D eigenvalue weighted by molar-refractivity contribution is 6.32. The van der Waals surface area contributed by atoms with Gasteiger partial charge in [0.15, 0.2) is 0 Å². The second kappa shape index (κ2) is 10.8. The van der Waals surface area contributed by atoms with Gasteiger partial charge in [-0.15, -0.1) is 0 Å². The molecule has 0 saturated carbocycles. The molecule has 0 aliphatic carbocycles. The largest absolute Gasteiger partial charge is 0.386 e. The minimum absolute atomic E-state index is 0.0604. The molecule has 0 unspecified atom stereocenters. The molecule has 0 radical (unpaired) electrons. The minimum Gasteiger partial charge on any atom is -0.386 e. The van der Waals surface area contributed by atoms with Crippen molar-refractivity contribution in [2.75, 3.05) is 11.9 Å². The Bertz CT molecular complexity index is 1140. The van der Waals surface area contributed by atoms with Gasteiger partial charge >= 0.3 is 0 Å². The van der Waals surface area contributed by atoms with Crippen LogP contribution >= 0.6 is 11.6 Å². The summed E-state index contributed by atoms with van der Waals surface area (Å²) in [5.41, 5.74) is 1.61. The number of benzene rings is 1. The normalized spacial score (nSPS) is 17.2. The second-order valence-electron chi connectivity index (χ2n) is 9.57. The van der Waals surface area contributed by atoms with Gasteiger partial charge in [0.2, 0.25) is 5.95 Å². The topological polar surface area (TPSA) is 136 Å². The van der Waals surface area contributed by atoms with Gasteiger partial charge in [-0.25, -0.2) is 9.97 Å². The van der Waals surface area contributed by atoms with E-state index in [1.807, 2.05) is 6.07 Å². The van der Waals surface area contributed by atoms with Crippen LogP contribution in [0.5, 0.6) is 0 Å². The predicted octanol–water partition coefficient (Wildman–Crippen LogP) is 4.28. The molecule has 1 aromatic carbocycles. The molecule has 9 nitrogen and oxygen atoms in total. The summed E-state index contributed by atoms with van der Waals surface area (Å²) in [6, 6.07) is 8.78. The van der Waals surface area contributed by atoms with E-state index in [1.165, 1.54) is 12.4 Å². The van der Waals surface area contributed by atoms with E-state index in [0.717, 1.165) is 12.8 Å². The first-order chi connectivity index (χ1) is 16.5. The number of hydrogen-bond donors (Lipinski definition) is 4. The van der Waals surface area contributed by atoms with Crippen molar-refractivity contribution in [3.8, 4) is 17.3 Å². The molecule has 3 rings (SSSR count). The van der Waals surface area contributed by atoms with Crippen LogP contribution in [-0.2, 0) is 4.74 Å². The molecule has 1 aromatic heterocycles. The first kappa shape index (κ1) is 26.1. The van der Waals surface area contributed by atoms with Gasteiger partial charge in [-0.05, 0) is 52.7 Å². The van der Waals surface area contributed by atoms with Gasteiger partial charge in [0, 0.05) is 29.6 Å². The zero-order valence-corrected chi connectivity index (χ0v) is 21.0. The Morgan fingerprint density at radius 2 is 1.91 bits per heavy atom. The average Bonchev–Trinajstić information content (AvgIpc) is 2.79. The molecule has 0 atom stereocenters. The highest BCUT2D eigenvalue weighted by atomic mass is 35.5. The van der Waals surface area contributed by atoms with Crippen LogP contribution in [0.4, 0.5) is 5.95 Å². The fourth-order valence-corrected chi connectivity index (χ4v) is 4.49. The number of carbonyl (C=O) groups excluding carboxylic acids is 1. The number of nitrogens with one attached hydrogen (secondary N) is 4. The van der Waals surface area contributed by atoms with Gasteiger partial charge in [0.25, 0.3) is 5.91 Å². The number of anilines is 1. The maximum absolute atomic E-state index is 12.0. The van der Waals surface area contributed by atoms with E-state index in [0.29, 0.717) is 27.5 Å². The Balaban J connectivity index is 1.73. The number of nitriles is 1. The number of allylic oxidation sites excluding steroid dienone is 1. The molecular weight excluding hydrogens is 466 g/mol. The molecule has 4 N–H and O–H groups in total. The molecule has 1 aliphatic heterocycles. The summed E-state index contributed by atoms with van der Waals surface area (Å²) < 4.78 is 6.14. The van der Waals surface area contributed by atoms with Crippen molar-refractivity contribution < 1.29 is 9.53 Å². The fourth-order valence-electron chi connectivity index (χ4n) is 4.29. The van der Waals surface area contributed by atoms with E-state index >= 15 is 0 Å². The summed E-state index contributed by atoms with van der Waals surface area (Å²) in [5, 5.41) is 25.7. The lowest BCUT2D eigenvalue weighted by atomic mass is 9.85. The Morgan fingerprint density at radius 1 is 1.26 bits per heavy atom. The Morgan fingerprint density at radius 3 is 2.51 bits per heavy atom. The van der Waals surface area contributed by atoms with Crippen molar-refractivity contribution in [3.63, 3.8) is 0 Å².